The Balaban J connectivity index is 3.38. The van der Waals surface area contributed by atoms with Crippen LogP contribution in [0, 0.1) is 0 Å². The number of aliphatic hydroxyl groups excluding tert-OH is 2. The second kappa shape index (κ2) is 68.8. The highest BCUT2D eigenvalue weighted by molar-refractivity contribution is 5.76. The molecule has 0 aromatic heterocycles. The van der Waals surface area contributed by atoms with E-state index in [0.717, 1.165) is 44.9 Å². The average molecular weight is 1110 g/mol. The molecule has 0 saturated carbocycles. The van der Waals surface area contributed by atoms with Crippen molar-refractivity contribution < 1.29 is 24.5 Å². The average Bonchev–Trinajstić information content (AvgIpc) is 3.45. The molecule has 468 valence electrons. The second-order valence-corrected chi connectivity index (χ2v) is 24.9. The number of rotatable bonds is 68. The summed E-state index contributed by atoms with van der Waals surface area (Å²) in [5.41, 5.74) is 0. The highest BCUT2D eigenvalue weighted by atomic mass is 16.5. The fraction of sp³-hybridized carbons (Fsp3) is 0.918. The Morgan fingerprint density at radius 1 is 0.342 bits per heavy atom. The summed E-state index contributed by atoms with van der Waals surface area (Å²) in [5.74, 6) is -0.0517. The summed E-state index contributed by atoms with van der Waals surface area (Å²) >= 11 is 0. The lowest BCUT2D eigenvalue weighted by molar-refractivity contribution is -0.143. The molecule has 0 aromatic rings. The van der Waals surface area contributed by atoms with Crippen LogP contribution in [-0.4, -0.2) is 47.4 Å². The molecule has 2 unspecified atom stereocenters. The maximum atomic E-state index is 12.5. The van der Waals surface area contributed by atoms with Crippen molar-refractivity contribution in [2.75, 3.05) is 13.2 Å². The lowest BCUT2D eigenvalue weighted by atomic mass is 10.0. The first-order valence-electron chi connectivity index (χ1n) is 36.1. The first-order chi connectivity index (χ1) is 39.0. The first kappa shape index (κ1) is 77.3. The van der Waals surface area contributed by atoms with Crippen molar-refractivity contribution in [3.63, 3.8) is 0 Å². The van der Waals surface area contributed by atoms with Gasteiger partial charge in [-0.15, -0.1) is 0 Å². The Bertz CT molecular complexity index is 1230. The van der Waals surface area contributed by atoms with E-state index in [4.69, 9.17) is 4.74 Å². The van der Waals surface area contributed by atoms with Crippen LogP contribution in [0.1, 0.15) is 406 Å². The van der Waals surface area contributed by atoms with Crippen molar-refractivity contribution in [2.24, 2.45) is 0 Å². The van der Waals surface area contributed by atoms with Gasteiger partial charge in [0.05, 0.1) is 25.4 Å². The number of unbranched alkanes of at least 4 members (excludes halogenated alkanes) is 55. The van der Waals surface area contributed by atoms with Gasteiger partial charge in [-0.05, 0) is 57.8 Å². The molecule has 0 aromatic carbocycles. The van der Waals surface area contributed by atoms with Crippen LogP contribution >= 0.6 is 0 Å². The molecule has 0 rings (SSSR count). The van der Waals surface area contributed by atoms with E-state index in [2.05, 4.69) is 31.3 Å². The number of nitrogens with one attached hydrogen (secondary N) is 1. The molecule has 0 fully saturated rings. The Morgan fingerprint density at radius 2 is 0.595 bits per heavy atom. The van der Waals surface area contributed by atoms with Crippen molar-refractivity contribution in [1.29, 1.82) is 0 Å². The monoisotopic (exact) mass is 1110 g/mol. The molecule has 2 atom stereocenters. The summed E-state index contributed by atoms with van der Waals surface area (Å²) in [6, 6.07) is -0.627. The van der Waals surface area contributed by atoms with Gasteiger partial charge >= 0.3 is 5.97 Å². The molecule has 0 aliphatic carbocycles. The Kier molecular flexibility index (Phi) is 67.4. The molecule has 0 heterocycles. The molecule has 0 radical (unpaired) electrons. The maximum Gasteiger partial charge on any atom is 0.305 e. The number of hydrogen-bond acceptors (Lipinski definition) is 5. The number of aliphatic hydroxyl groups is 2. The van der Waals surface area contributed by atoms with E-state index in [1.165, 1.54) is 334 Å². The minimum absolute atomic E-state index is 0.00914. The van der Waals surface area contributed by atoms with Gasteiger partial charge in [0.25, 0.3) is 0 Å². The fourth-order valence-corrected chi connectivity index (χ4v) is 11.5. The molecule has 1 amide bonds. The summed E-state index contributed by atoms with van der Waals surface area (Å²) in [4.78, 5) is 24.6. The van der Waals surface area contributed by atoms with Gasteiger partial charge in [0, 0.05) is 12.8 Å². The van der Waals surface area contributed by atoms with Crippen molar-refractivity contribution in [2.45, 2.75) is 418 Å². The van der Waals surface area contributed by atoms with Crippen LogP contribution < -0.4 is 5.32 Å². The van der Waals surface area contributed by atoms with Crippen LogP contribution in [-0.2, 0) is 14.3 Å². The van der Waals surface area contributed by atoms with Crippen LogP contribution in [0.15, 0.2) is 24.3 Å². The number of carbonyl (C=O) groups excluding carboxylic acids is 2. The lowest BCUT2D eigenvalue weighted by Gasteiger charge is -2.20. The summed E-state index contributed by atoms with van der Waals surface area (Å²) in [6.45, 7) is 4.93. The van der Waals surface area contributed by atoms with Gasteiger partial charge in [-0.3, -0.25) is 9.59 Å². The van der Waals surface area contributed by atoms with Crippen LogP contribution in [0.4, 0.5) is 0 Å². The molecule has 0 spiro atoms. The SMILES string of the molecule is CCCCCC/C=C\CCCCCCCC(=O)OCCCCCCCCCCCCCCCCCCCCCCCCCCCCCC(=O)NC(CO)C(O)/C=C/CCCCCCCCCCCCCCCCCCCCCC. The molecule has 79 heavy (non-hydrogen) atoms. The summed E-state index contributed by atoms with van der Waals surface area (Å²) in [5, 5.41) is 23.3. The standard InChI is InChI=1S/C73H141NO5/c1-3-5-7-9-11-13-15-17-18-19-20-21-29-32-35-38-42-45-49-53-57-61-65-71(76)70(69-75)74-72(77)66-62-58-54-50-46-43-39-36-33-30-27-25-23-22-24-26-28-31-34-37-40-44-48-52-56-60-64-68-79-73(78)67-63-59-55-51-47-41-16-14-12-10-8-6-4-2/h14,16,61,65,70-71,75-76H,3-13,15,17-60,62-64,66-69H2,1-2H3,(H,74,77)/b16-14-,65-61+. The van der Waals surface area contributed by atoms with E-state index in [0.29, 0.717) is 19.4 Å². The predicted octanol–water partition coefficient (Wildman–Crippen LogP) is 23.3. The number of carbonyl (C=O) groups is 2. The van der Waals surface area contributed by atoms with Crippen molar-refractivity contribution in [1.82, 2.24) is 5.32 Å². The lowest BCUT2D eigenvalue weighted by Crippen LogP contribution is -2.45. The summed E-state index contributed by atoms with van der Waals surface area (Å²) in [7, 11) is 0. The maximum absolute atomic E-state index is 12.5. The van der Waals surface area contributed by atoms with Gasteiger partial charge in [-0.2, -0.15) is 0 Å². The van der Waals surface area contributed by atoms with Gasteiger partial charge < -0.3 is 20.3 Å². The molecule has 3 N–H and O–H groups in total. The molecule has 0 saturated heterocycles. The number of ether oxygens (including phenoxy) is 1. The van der Waals surface area contributed by atoms with Gasteiger partial charge in [0.15, 0.2) is 0 Å². The molecular formula is C73H141NO5. The number of amides is 1. The van der Waals surface area contributed by atoms with Crippen LogP contribution in [0.2, 0.25) is 0 Å². The second-order valence-electron chi connectivity index (χ2n) is 24.9. The van der Waals surface area contributed by atoms with E-state index in [-0.39, 0.29) is 18.5 Å². The van der Waals surface area contributed by atoms with Gasteiger partial charge in [0.1, 0.15) is 0 Å². The van der Waals surface area contributed by atoms with E-state index < -0.39 is 12.1 Å². The van der Waals surface area contributed by atoms with E-state index in [1.807, 2.05) is 6.08 Å². The van der Waals surface area contributed by atoms with E-state index in [1.54, 1.807) is 6.08 Å². The highest BCUT2D eigenvalue weighted by Crippen LogP contribution is 2.19. The Hall–Kier alpha value is -1.66. The summed E-state index contributed by atoms with van der Waals surface area (Å²) < 4.78 is 5.48. The number of allylic oxidation sites excluding steroid dienone is 3. The molecule has 0 aliphatic heterocycles. The zero-order valence-electron chi connectivity index (χ0n) is 53.6. The number of esters is 1. The van der Waals surface area contributed by atoms with Crippen LogP contribution in [0.25, 0.3) is 0 Å². The normalized spacial score (nSPS) is 12.6. The van der Waals surface area contributed by atoms with Gasteiger partial charge in [-0.1, -0.05) is 359 Å². The zero-order valence-corrected chi connectivity index (χ0v) is 53.6. The molecule has 0 aliphatic rings. The van der Waals surface area contributed by atoms with Crippen LogP contribution in [0.5, 0.6) is 0 Å². The predicted molar refractivity (Wildman–Crippen MR) is 347 cm³/mol. The third-order valence-corrected chi connectivity index (χ3v) is 17.0. The number of hydrogen-bond donors (Lipinski definition) is 3. The van der Waals surface area contributed by atoms with Crippen LogP contribution in [0.3, 0.4) is 0 Å². The Labute approximate surface area is 494 Å². The van der Waals surface area contributed by atoms with E-state index in [9.17, 15) is 19.8 Å². The third kappa shape index (κ3) is 65.4. The van der Waals surface area contributed by atoms with Crippen molar-refractivity contribution in [3.8, 4) is 0 Å². The zero-order chi connectivity index (χ0) is 57.1. The third-order valence-electron chi connectivity index (χ3n) is 17.0. The minimum Gasteiger partial charge on any atom is -0.466 e. The molecule has 0 bridgehead atoms. The van der Waals surface area contributed by atoms with Crippen molar-refractivity contribution >= 4 is 11.9 Å². The molecule has 6 heteroatoms. The van der Waals surface area contributed by atoms with Crippen molar-refractivity contribution in [3.05, 3.63) is 24.3 Å². The molecular weight excluding hydrogens is 971 g/mol. The van der Waals surface area contributed by atoms with E-state index >= 15 is 0 Å². The first-order valence-corrected chi connectivity index (χ1v) is 36.1. The highest BCUT2D eigenvalue weighted by Gasteiger charge is 2.18. The van der Waals surface area contributed by atoms with Gasteiger partial charge in [-0.25, -0.2) is 0 Å². The largest absolute Gasteiger partial charge is 0.466 e. The summed E-state index contributed by atoms with van der Waals surface area (Å²) in [6.07, 6.45) is 86.9. The molecule has 6 nitrogen and oxygen atoms in total. The smallest absolute Gasteiger partial charge is 0.305 e. The quantitative estimate of drug-likeness (QED) is 0.0320. The minimum atomic E-state index is -0.844. The fourth-order valence-electron chi connectivity index (χ4n) is 11.5. The topological polar surface area (TPSA) is 95.9 Å². The Morgan fingerprint density at radius 3 is 0.911 bits per heavy atom. The van der Waals surface area contributed by atoms with Gasteiger partial charge in [0.2, 0.25) is 5.91 Å².